The highest BCUT2D eigenvalue weighted by Gasteiger charge is 2.31. The van der Waals surface area contributed by atoms with Crippen LogP contribution in [0.25, 0.3) is 0 Å². The van der Waals surface area contributed by atoms with E-state index in [9.17, 15) is 0 Å². The number of hydrogen-bond donors (Lipinski definition) is 1. The van der Waals surface area contributed by atoms with Crippen molar-refractivity contribution < 1.29 is 4.52 Å². The third-order valence-electron chi connectivity index (χ3n) is 3.17. The number of hydrogen-bond acceptors (Lipinski definition) is 3. The van der Waals surface area contributed by atoms with Crippen molar-refractivity contribution in [3.63, 3.8) is 0 Å². The summed E-state index contributed by atoms with van der Waals surface area (Å²) in [5.41, 5.74) is 9.40. The fraction of sp³-hybridized carbons (Fsp3) is 0.250. The Hall–Kier alpha value is -1.77. The minimum Gasteiger partial charge on any atom is -0.381 e. The van der Waals surface area contributed by atoms with Crippen molar-refractivity contribution in [3.05, 3.63) is 46.7 Å². The Labute approximate surface area is 87.9 Å². The third-order valence-corrected chi connectivity index (χ3v) is 3.17. The quantitative estimate of drug-likeness (QED) is 0.768. The molecule has 1 atom stereocenters. The monoisotopic (exact) mass is 200 g/mol. The van der Waals surface area contributed by atoms with Crippen LogP contribution in [0.1, 0.15) is 28.4 Å². The zero-order valence-corrected chi connectivity index (χ0v) is 8.53. The summed E-state index contributed by atoms with van der Waals surface area (Å²) in [7, 11) is 0. The van der Waals surface area contributed by atoms with Crippen molar-refractivity contribution in [2.75, 3.05) is 5.73 Å². The maximum absolute atomic E-state index is 5.67. The van der Waals surface area contributed by atoms with Gasteiger partial charge in [-0.2, -0.15) is 0 Å². The van der Waals surface area contributed by atoms with E-state index in [1.807, 2.05) is 6.92 Å². The van der Waals surface area contributed by atoms with Crippen LogP contribution >= 0.6 is 0 Å². The molecule has 0 amide bonds. The van der Waals surface area contributed by atoms with Crippen LogP contribution in [-0.2, 0) is 6.42 Å². The number of rotatable bonds is 1. The topological polar surface area (TPSA) is 52.0 Å². The summed E-state index contributed by atoms with van der Waals surface area (Å²) < 4.78 is 5.28. The van der Waals surface area contributed by atoms with Gasteiger partial charge in [-0.25, -0.2) is 0 Å². The lowest BCUT2D eigenvalue weighted by molar-refractivity contribution is 0.363. The molecule has 1 aliphatic rings. The van der Waals surface area contributed by atoms with Crippen molar-refractivity contribution in [1.82, 2.24) is 5.16 Å². The van der Waals surface area contributed by atoms with Gasteiger partial charge in [-0.05, 0) is 24.5 Å². The van der Waals surface area contributed by atoms with Gasteiger partial charge in [0.15, 0.2) is 5.82 Å². The number of aromatic nitrogens is 1. The Morgan fingerprint density at radius 2 is 2.20 bits per heavy atom. The van der Waals surface area contributed by atoms with E-state index in [4.69, 9.17) is 10.3 Å². The number of nitrogen functional groups attached to an aromatic ring is 1. The summed E-state index contributed by atoms with van der Waals surface area (Å²) in [4.78, 5) is 0. The molecule has 15 heavy (non-hydrogen) atoms. The average molecular weight is 200 g/mol. The molecule has 2 N–H and O–H groups in total. The SMILES string of the molecule is Cc1c(N)noc1C1Cc2ccccc21. The summed E-state index contributed by atoms with van der Waals surface area (Å²) in [5, 5.41) is 3.79. The minimum atomic E-state index is 0.353. The first-order valence-electron chi connectivity index (χ1n) is 5.07. The van der Waals surface area contributed by atoms with E-state index in [0.717, 1.165) is 17.7 Å². The van der Waals surface area contributed by atoms with Crippen LogP contribution in [-0.4, -0.2) is 5.16 Å². The second kappa shape index (κ2) is 2.86. The smallest absolute Gasteiger partial charge is 0.170 e. The number of nitrogens with zero attached hydrogens (tertiary/aromatic N) is 1. The van der Waals surface area contributed by atoms with Crippen molar-refractivity contribution in [1.29, 1.82) is 0 Å². The zero-order valence-electron chi connectivity index (χ0n) is 8.53. The number of benzene rings is 1. The molecule has 3 heteroatoms. The molecule has 0 saturated carbocycles. The van der Waals surface area contributed by atoms with Crippen molar-refractivity contribution in [2.45, 2.75) is 19.3 Å². The van der Waals surface area contributed by atoms with Gasteiger partial charge in [-0.15, -0.1) is 0 Å². The first-order chi connectivity index (χ1) is 7.27. The Morgan fingerprint density at radius 1 is 1.40 bits per heavy atom. The van der Waals surface area contributed by atoms with E-state index in [0.29, 0.717) is 11.7 Å². The molecule has 0 spiro atoms. The molecule has 1 aromatic heterocycles. The molecule has 3 rings (SSSR count). The van der Waals surface area contributed by atoms with Crippen LogP contribution in [0.15, 0.2) is 28.8 Å². The van der Waals surface area contributed by atoms with Crippen LogP contribution in [0.2, 0.25) is 0 Å². The summed E-state index contributed by atoms with van der Waals surface area (Å²) in [6.07, 6.45) is 1.03. The number of nitrogens with two attached hydrogens (primary N) is 1. The van der Waals surface area contributed by atoms with E-state index in [2.05, 4.69) is 29.4 Å². The number of fused-ring (bicyclic) bond motifs is 1. The molecular weight excluding hydrogens is 188 g/mol. The number of anilines is 1. The fourth-order valence-corrected chi connectivity index (χ4v) is 2.18. The van der Waals surface area contributed by atoms with Gasteiger partial charge in [-0.3, -0.25) is 0 Å². The summed E-state index contributed by atoms with van der Waals surface area (Å²) >= 11 is 0. The second-order valence-electron chi connectivity index (χ2n) is 4.01. The van der Waals surface area contributed by atoms with Crippen molar-refractivity contribution >= 4 is 5.82 Å². The second-order valence-corrected chi connectivity index (χ2v) is 4.01. The van der Waals surface area contributed by atoms with E-state index >= 15 is 0 Å². The van der Waals surface area contributed by atoms with Crippen LogP contribution in [0.5, 0.6) is 0 Å². The Morgan fingerprint density at radius 3 is 2.87 bits per heavy atom. The Balaban J connectivity index is 2.03. The highest BCUT2D eigenvalue weighted by atomic mass is 16.5. The van der Waals surface area contributed by atoms with Gasteiger partial charge in [0.2, 0.25) is 0 Å². The molecule has 1 heterocycles. The molecule has 76 valence electrons. The van der Waals surface area contributed by atoms with Crippen LogP contribution < -0.4 is 5.73 Å². The van der Waals surface area contributed by atoms with E-state index < -0.39 is 0 Å². The lowest BCUT2D eigenvalue weighted by Gasteiger charge is -2.28. The van der Waals surface area contributed by atoms with Gasteiger partial charge in [0.25, 0.3) is 0 Å². The predicted octanol–water partition coefficient (Wildman–Crippen LogP) is 2.25. The highest BCUT2D eigenvalue weighted by molar-refractivity contribution is 5.50. The summed E-state index contributed by atoms with van der Waals surface area (Å²) in [5.74, 6) is 1.78. The standard InChI is InChI=1S/C12H12N2O/c1-7-11(15-14-12(7)13)10-6-8-4-2-3-5-9(8)10/h2-5,10H,6H2,1H3,(H2,13,14). The molecule has 0 radical (unpaired) electrons. The van der Waals surface area contributed by atoms with Gasteiger partial charge in [0, 0.05) is 11.5 Å². The Bertz CT molecular complexity index is 516. The molecule has 0 aliphatic heterocycles. The average Bonchev–Trinajstić information content (AvgIpc) is 2.52. The molecule has 1 aromatic carbocycles. The van der Waals surface area contributed by atoms with Gasteiger partial charge < -0.3 is 10.3 Å². The first kappa shape index (κ1) is 8.53. The normalized spacial score (nSPS) is 18.3. The fourth-order valence-electron chi connectivity index (χ4n) is 2.18. The molecule has 0 fully saturated rings. The minimum absolute atomic E-state index is 0.353. The molecule has 1 aliphatic carbocycles. The Kier molecular flexibility index (Phi) is 1.63. The van der Waals surface area contributed by atoms with E-state index in [1.54, 1.807) is 0 Å². The van der Waals surface area contributed by atoms with Gasteiger partial charge >= 0.3 is 0 Å². The first-order valence-corrected chi connectivity index (χ1v) is 5.07. The third kappa shape index (κ3) is 1.09. The van der Waals surface area contributed by atoms with Gasteiger partial charge in [0.05, 0.1) is 0 Å². The van der Waals surface area contributed by atoms with Crippen molar-refractivity contribution in [3.8, 4) is 0 Å². The largest absolute Gasteiger partial charge is 0.381 e. The maximum atomic E-state index is 5.67. The molecule has 0 saturated heterocycles. The van der Waals surface area contributed by atoms with E-state index in [1.165, 1.54) is 11.1 Å². The van der Waals surface area contributed by atoms with Crippen LogP contribution in [0.4, 0.5) is 5.82 Å². The summed E-state index contributed by atoms with van der Waals surface area (Å²) in [6, 6.07) is 8.42. The van der Waals surface area contributed by atoms with Crippen molar-refractivity contribution in [2.24, 2.45) is 0 Å². The molecule has 0 bridgehead atoms. The lowest BCUT2D eigenvalue weighted by Crippen LogP contribution is -2.18. The highest BCUT2D eigenvalue weighted by Crippen LogP contribution is 2.41. The van der Waals surface area contributed by atoms with Gasteiger partial charge in [0.1, 0.15) is 5.76 Å². The molecular formula is C12H12N2O. The predicted molar refractivity (Wildman–Crippen MR) is 57.6 cm³/mol. The van der Waals surface area contributed by atoms with E-state index in [-0.39, 0.29) is 0 Å². The van der Waals surface area contributed by atoms with Gasteiger partial charge in [-0.1, -0.05) is 29.4 Å². The molecule has 1 unspecified atom stereocenters. The van der Waals surface area contributed by atoms with Crippen LogP contribution in [0, 0.1) is 6.92 Å². The van der Waals surface area contributed by atoms with Crippen LogP contribution in [0.3, 0.4) is 0 Å². The summed E-state index contributed by atoms with van der Waals surface area (Å²) in [6.45, 7) is 1.96. The molecule has 2 aromatic rings. The maximum Gasteiger partial charge on any atom is 0.170 e. The molecule has 3 nitrogen and oxygen atoms in total. The lowest BCUT2D eigenvalue weighted by atomic mass is 9.75. The zero-order chi connectivity index (χ0) is 10.4.